The van der Waals surface area contributed by atoms with Crippen molar-refractivity contribution in [1.29, 1.82) is 0 Å². The highest BCUT2D eigenvalue weighted by Crippen LogP contribution is 2.22. The number of pyridine rings is 1. The van der Waals surface area contributed by atoms with Crippen LogP contribution in [0, 0.1) is 0 Å². The Morgan fingerprint density at radius 3 is 2.74 bits per heavy atom. The molecule has 27 heavy (non-hydrogen) atoms. The summed E-state index contributed by atoms with van der Waals surface area (Å²) in [6, 6.07) is 3.28. The first-order valence-corrected chi connectivity index (χ1v) is 8.81. The number of ether oxygens (including phenoxy) is 2. The zero-order chi connectivity index (χ0) is 19.4. The van der Waals surface area contributed by atoms with Crippen LogP contribution in [0.15, 0.2) is 24.7 Å². The summed E-state index contributed by atoms with van der Waals surface area (Å²) in [5, 5.41) is 7.05. The monoisotopic (exact) mass is 373 g/mol. The molecule has 1 aliphatic rings. The first kappa shape index (κ1) is 19.0. The van der Waals surface area contributed by atoms with Crippen LogP contribution in [-0.4, -0.2) is 50.9 Å². The van der Waals surface area contributed by atoms with E-state index in [2.05, 4.69) is 25.1 Å². The van der Waals surface area contributed by atoms with Crippen molar-refractivity contribution >= 4 is 11.9 Å². The number of carbonyl (C=O) groups is 2. The maximum absolute atomic E-state index is 12.3. The van der Waals surface area contributed by atoms with Crippen molar-refractivity contribution in [1.82, 2.24) is 25.1 Å². The largest absolute Gasteiger partial charge is 0.467 e. The minimum Gasteiger partial charge on any atom is -0.467 e. The molecule has 2 aromatic rings. The third-order valence-electron chi connectivity index (χ3n) is 4.34. The molecule has 3 heterocycles. The molecule has 9 nitrogen and oxygen atoms in total. The lowest BCUT2D eigenvalue weighted by atomic mass is 10.1. The Kier molecular flexibility index (Phi) is 5.50. The van der Waals surface area contributed by atoms with E-state index in [0.29, 0.717) is 17.1 Å². The SMILES string of the molecule is COC(=O)C(C)(C)NC(=O)c1ccc(-c2ncn(C3CCCCO3)n2)nc1. The first-order valence-electron chi connectivity index (χ1n) is 8.81. The van der Waals surface area contributed by atoms with E-state index in [1.165, 1.54) is 13.3 Å². The molecule has 1 aliphatic heterocycles. The van der Waals surface area contributed by atoms with Gasteiger partial charge in [-0.1, -0.05) is 0 Å². The minimum absolute atomic E-state index is 0.0920. The Morgan fingerprint density at radius 2 is 2.11 bits per heavy atom. The third kappa shape index (κ3) is 4.30. The van der Waals surface area contributed by atoms with Gasteiger partial charge in [0.15, 0.2) is 12.1 Å². The smallest absolute Gasteiger partial charge is 0.330 e. The van der Waals surface area contributed by atoms with Gasteiger partial charge in [-0.3, -0.25) is 9.78 Å². The number of hydrogen-bond acceptors (Lipinski definition) is 7. The van der Waals surface area contributed by atoms with Crippen LogP contribution >= 0.6 is 0 Å². The van der Waals surface area contributed by atoms with Gasteiger partial charge in [0, 0.05) is 12.8 Å². The summed E-state index contributed by atoms with van der Waals surface area (Å²) < 4.78 is 12.1. The van der Waals surface area contributed by atoms with E-state index in [1.54, 1.807) is 37.0 Å². The molecule has 3 rings (SSSR count). The van der Waals surface area contributed by atoms with E-state index in [-0.39, 0.29) is 6.23 Å². The standard InChI is InChI=1S/C18H23N5O4/c1-18(2,17(25)26-3)21-16(24)12-7-8-13(19-10-12)15-20-11-23(22-15)14-6-4-5-9-27-14/h7-8,10-11,14H,4-6,9H2,1-3H3,(H,21,24). The number of carbonyl (C=O) groups excluding carboxylic acids is 2. The van der Waals surface area contributed by atoms with Crippen molar-refractivity contribution in [2.24, 2.45) is 0 Å². The zero-order valence-electron chi connectivity index (χ0n) is 15.6. The molecule has 0 aromatic carbocycles. The van der Waals surface area contributed by atoms with E-state index in [0.717, 1.165) is 25.9 Å². The van der Waals surface area contributed by atoms with Gasteiger partial charge in [-0.05, 0) is 45.2 Å². The summed E-state index contributed by atoms with van der Waals surface area (Å²) in [6.07, 6.45) is 6.04. The summed E-state index contributed by atoms with van der Waals surface area (Å²) >= 11 is 0. The highest BCUT2D eigenvalue weighted by Gasteiger charge is 2.31. The summed E-state index contributed by atoms with van der Waals surface area (Å²) in [5.74, 6) is -0.482. The van der Waals surface area contributed by atoms with Crippen LogP contribution < -0.4 is 5.32 Å². The van der Waals surface area contributed by atoms with Gasteiger partial charge in [-0.2, -0.15) is 0 Å². The molecule has 1 atom stereocenters. The third-order valence-corrected chi connectivity index (χ3v) is 4.34. The van der Waals surface area contributed by atoms with Crippen LogP contribution in [0.1, 0.15) is 49.7 Å². The molecule has 2 aromatic heterocycles. The predicted molar refractivity (Wildman–Crippen MR) is 95.7 cm³/mol. The summed E-state index contributed by atoms with van der Waals surface area (Å²) in [5.41, 5.74) is -0.260. The van der Waals surface area contributed by atoms with Crippen LogP contribution in [0.25, 0.3) is 11.5 Å². The Morgan fingerprint density at radius 1 is 1.30 bits per heavy atom. The van der Waals surface area contributed by atoms with Crippen molar-refractivity contribution in [2.45, 2.75) is 44.9 Å². The molecule has 0 radical (unpaired) electrons. The van der Waals surface area contributed by atoms with Crippen molar-refractivity contribution in [3.05, 3.63) is 30.2 Å². The Hall–Kier alpha value is -2.81. The minimum atomic E-state index is -1.13. The number of amides is 1. The van der Waals surface area contributed by atoms with Gasteiger partial charge in [0.25, 0.3) is 5.91 Å². The fourth-order valence-electron chi connectivity index (χ4n) is 2.79. The topological polar surface area (TPSA) is 108 Å². The van der Waals surface area contributed by atoms with Gasteiger partial charge in [-0.15, -0.1) is 5.10 Å². The van der Waals surface area contributed by atoms with Crippen LogP contribution in [0.2, 0.25) is 0 Å². The number of nitrogens with one attached hydrogen (secondary N) is 1. The lowest BCUT2D eigenvalue weighted by Crippen LogP contribution is -2.50. The Balaban J connectivity index is 1.69. The van der Waals surface area contributed by atoms with E-state index in [1.807, 2.05) is 0 Å². The van der Waals surface area contributed by atoms with Gasteiger partial charge in [0.2, 0.25) is 0 Å². The highest BCUT2D eigenvalue weighted by atomic mass is 16.5. The van der Waals surface area contributed by atoms with Crippen molar-refractivity contribution in [2.75, 3.05) is 13.7 Å². The highest BCUT2D eigenvalue weighted by molar-refractivity contribution is 5.97. The van der Waals surface area contributed by atoms with E-state index in [4.69, 9.17) is 4.74 Å². The maximum Gasteiger partial charge on any atom is 0.330 e. The normalized spacial score (nSPS) is 17.4. The molecule has 1 saturated heterocycles. The number of nitrogens with zero attached hydrogens (tertiary/aromatic N) is 4. The predicted octanol–water partition coefficient (Wildman–Crippen LogP) is 1.72. The summed E-state index contributed by atoms with van der Waals surface area (Å²) in [6.45, 7) is 3.87. The number of esters is 1. The average Bonchev–Trinajstić information content (AvgIpc) is 3.18. The quantitative estimate of drug-likeness (QED) is 0.795. The molecule has 1 fully saturated rings. The fraction of sp³-hybridized carbons (Fsp3) is 0.500. The molecule has 0 spiro atoms. The first-order chi connectivity index (χ1) is 12.9. The average molecular weight is 373 g/mol. The molecule has 1 N–H and O–H groups in total. The van der Waals surface area contributed by atoms with E-state index in [9.17, 15) is 9.59 Å². The van der Waals surface area contributed by atoms with Crippen LogP contribution in [0.5, 0.6) is 0 Å². The molecule has 9 heteroatoms. The van der Waals surface area contributed by atoms with Crippen molar-refractivity contribution in [3.63, 3.8) is 0 Å². The maximum atomic E-state index is 12.3. The van der Waals surface area contributed by atoms with Gasteiger partial charge in [0.1, 0.15) is 17.6 Å². The second-order valence-electron chi connectivity index (χ2n) is 6.87. The summed E-state index contributed by atoms with van der Waals surface area (Å²) in [4.78, 5) is 32.6. The van der Waals surface area contributed by atoms with E-state index >= 15 is 0 Å². The van der Waals surface area contributed by atoms with E-state index < -0.39 is 17.4 Å². The second kappa shape index (κ2) is 7.83. The second-order valence-corrected chi connectivity index (χ2v) is 6.87. The van der Waals surface area contributed by atoms with Gasteiger partial charge < -0.3 is 14.8 Å². The molecule has 0 bridgehead atoms. The molecular formula is C18H23N5O4. The molecule has 1 unspecified atom stereocenters. The van der Waals surface area contributed by atoms with Crippen molar-refractivity contribution < 1.29 is 19.1 Å². The number of methoxy groups -OCH3 is 1. The lowest BCUT2D eigenvalue weighted by Gasteiger charge is -2.22. The molecule has 0 aliphatic carbocycles. The van der Waals surface area contributed by atoms with Gasteiger partial charge >= 0.3 is 5.97 Å². The fourth-order valence-corrected chi connectivity index (χ4v) is 2.79. The summed E-state index contributed by atoms with van der Waals surface area (Å²) in [7, 11) is 1.27. The van der Waals surface area contributed by atoms with Crippen LogP contribution in [-0.2, 0) is 14.3 Å². The number of aromatic nitrogens is 4. The van der Waals surface area contributed by atoms with Crippen LogP contribution in [0.4, 0.5) is 0 Å². The Labute approximate surface area is 157 Å². The van der Waals surface area contributed by atoms with Crippen LogP contribution in [0.3, 0.4) is 0 Å². The zero-order valence-corrected chi connectivity index (χ0v) is 15.6. The van der Waals surface area contributed by atoms with Gasteiger partial charge in [0.05, 0.1) is 12.7 Å². The molecule has 144 valence electrons. The number of rotatable bonds is 5. The molecule has 0 saturated carbocycles. The lowest BCUT2D eigenvalue weighted by molar-refractivity contribution is -0.146. The van der Waals surface area contributed by atoms with Crippen molar-refractivity contribution in [3.8, 4) is 11.5 Å². The Bertz CT molecular complexity index is 809. The molecule has 1 amide bonds. The van der Waals surface area contributed by atoms with Gasteiger partial charge in [-0.25, -0.2) is 14.5 Å². The molecular weight excluding hydrogens is 350 g/mol. The number of hydrogen-bond donors (Lipinski definition) is 1.